The Morgan fingerprint density at radius 1 is 0.929 bits per heavy atom. The molecule has 1 N–H and O–H groups in total. The minimum atomic E-state index is -0.564. The van der Waals surface area contributed by atoms with Crippen molar-refractivity contribution in [2.75, 3.05) is 5.32 Å². The second-order valence-corrected chi connectivity index (χ2v) is 6.75. The van der Waals surface area contributed by atoms with Crippen LogP contribution in [0.4, 0.5) is 11.5 Å². The number of rotatable bonds is 4. The SMILES string of the molecule is O=C(Oc1cccc(Nc2ncnc3ccccc23)c1)c1ccc(Cl)cc1Cl. The minimum Gasteiger partial charge on any atom is -0.423 e. The fourth-order valence-electron chi connectivity index (χ4n) is 2.70. The van der Waals surface area contributed by atoms with E-state index in [0.29, 0.717) is 16.6 Å². The van der Waals surface area contributed by atoms with E-state index in [2.05, 4.69) is 15.3 Å². The maximum Gasteiger partial charge on any atom is 0.345 e. The molecule has 0 aliphatic heterocycles. The van der Waals surface area contributed by atoms with Crippen LogP contribution in [-0.4, -0.2) is 15.9 Å². The van der Waals surface area contributed by atoms with Crippen LogP contribution in [0.2, 0.25) is 10.0 Å². The number of benzene rings is 3. The quantitative estimate of drug-likeness (QED) is 0.335. The Morgan fingerprint density at radius 2 is 1.79 bits per heavy atom. The molecule has 0 fully saturated rings. The zero-order valence-electron chi connectivity index (χ0n) is 14.4. The van der Waals surface area contributed by atoms with Gasteiger partial charge in [-0.25, -0.2) is 14.8 Å². The molecule has 0 saturated heterocycles. The van der Waals surface area contributed by atoms with Crippen LogP contribution in [0.25, 0.3) is 10.9 Å². The lowest BCUT2D eigenvalue weighted by atomic mass is 10.2. The summed E-state index contributed by atoms with van der Waals surface area (Å²) in [5.41, 5.74) is 1.79. The maximum absolute atomic E-state index is 12.4. The van der Waals surface area contributed by atoms with Gasteiger partial charge in [-0.15, -0.1) is 0 Å². The van der Waals surface area contributed by atoms with E-state index < -0.39 is 5.97 Å². The molecule has 7 heteroatoms. The lowest BCUT2D eigenvalue weighted by Crippen LogP contribution is -2.09. The summed E-state index contributed by atoms with van der Waals surface area (Å²) >= 11 is 11.9. The summed E-state index contributed by atoms with van der Waals surface area (Å²) in [5, 5.41) is 4.81. The first kappa shape index (κ1) is 18.2. The zero-order valence-corrected chi connectivity index (χ0v) is 15.9. The standard InChI is InChI=1S/C21H13Cl2N3O2/c22-13-8-9-16(18(23)10-13)21(27)28-15-5-3-4-14(11-15)26-20-17-6-1-2-7-19(17)24-12-25-20/h1-12H,(H,24,25,26). The molecule has 1 aromatic heterocycles. The van der Waals surface area contributed by atoms with Gasteiger partial charge in [0.15, 0.2) is 0 Å². The van der Waals surface area contributed by atoms with Crippen molar-refractivity contribution >= 4 is 51.6 Å². The smallest absolute Gasteiger partial charge is 0.345 e. The number of hydrogen-bond acceptors (Lipinski definition) is 5. The first-order chi connectivity index (χ1) is 13.6. The van der Waals surface area contributed by atoms with Gasteiger partial charge in [-0.3, -0.25) is 0 Å². The fraction of sp³-hybridized carbons (Fsp3) is 0. The van der Waals surface area contributed by atoms with Gasteiger partial charge in [-0.05, 0) is 42.5 Å². The number of nitrogens with zero attached hydrogens (tertiary/aromatic N) is 2. The van der Waals surface area contributed by atoms with E-state index in [1.807, 2.05) is 30.3 Å². The van der Waals surface area contributed by atoms with Crippen LogP contribution < -0.4 is 10.1 Å². The molecular weight excluding hydrogens is 397 g/mol. The zero-order chi connectivity index (χ0) is 19.5. The maximum atomic E-state index is 12.4. The van der Waals surface area contributed by atoms with E-state index >= 15 is 0 Å². The van der Waals surface area contributed by atoms with E-state index in [1.54, 1.807) is 24.3 Å². The normalized spacial score (nSPS) is 10.6. The van der Waals surface area contributed by atoms with Crippen molar-refractivity contribution in [2.24, 2.45) is 0 Å². The minimum absolute atomic E-state index is 0.235. The third kappa shape index (κ3) is 3.91. The highest BCUT2D eigenvalue weighted by Gasteiger charge is 2.14. The number of halogens is 2. The van der Waals surface area contributed by atoms with Gasteiger partial charge in [0.25, 0.3) is 0 Å². The molecule has 4 aromatic rings. The van der Waals surface area contributed by atoms with Crippen molar-refractivity contribution < 1.29 is 9.53 Å². The van der Waals surface area contributed by atoms with Crippen LogP contribution in [0.1, 0.15) is 10.4 Å². The van der Waals surface area contributed by atoms with Gasteiger partial charge < -0.3 is 10.1 Å². The van der Waals surface area contributed by atoms with E-state index in [-0.39, 0.29) is 10.6 Å². The molecule has 28 heavy (non-hydrogen) atoms. The molecule has 4 rings (SSSR count). The number of nitrogens with one attached hydrogen (secondary N) is 1. The first-order valence-corrected chi connectivity index (χ1v) is 9.10. The molecule has 0 radical (unpaired) electrons. The predicted octanol–water partition coefficient (Wildman–Crippen LogP) is 5.90. The summed E-state index contributed by atoms with van der Waals surface area (Å²) in [6.07, 6.45) is 1.50. The van der Waals surface area contributed by atoms with Gasteiger partial charge in [0.1, 0.15) is 17.9 Å². The van der Waals surface area contributed by atoms with Crippen LogP contribution in [0.5, 0.6) is 5.75 Å². The highest BCUT2D eigenvalue weighted by atomic mass is 35.5. The molecule has 1 heterocycles. The summed E-state index contributed by atoms with van der Waals surface area (Å²) < 4.78 is 5.45. The summed E-state index contributed by atoms with van der Waals surface area (Å²) in [4.78, 5) is 20.9. The molecule has 0 spiro atoms. The third-order valence-electron chi connectivity index (χ3n) is 4.00. The van der Waals surface area contributed by atoms with E-state index in [1.165, 1.54) is 18.5 Å². The molecule has 0 unspecified atom stereocenters. The monoisotopic (exact) mass is 409 g/mol. The Balaban J connectivity index is 1.57. The van der Waals surface area contributed by atoms with Gasteiger partial charge in [0.05, 0.1) is 16.1 Å². The van der Waals surface area contributed by atoms with Crippen molar-refractivity contribution in [2.45, 2.75) is 0 Å². The number of fused-ring (bicyclic) bond motifs is 1. The van der Waals surface area contributed by atoms with Crippen LogP contribution in [0.15, 0.2) is 73.1 Å². The number of hydrogen-bond donors (Lipinski definition) is 1. The Morgan fingerprint density at radius 3 is 2.64 bits per heavy atom. The van der Waals surface area contributed by atoms with Crippen LogP contribution in [0, 0.1) is 0 Å². The lowest BCUT2D eigenvalue weighted by molar-refractivity contribution is 0.0735. The third-order valence-corrected chi connectivity index (χ3v) is 4.55. The molecule has 0 atom stereocenters. The van der Waals surface area contributed by atoms with Gasteiger partial charge >= 0.3 is 5.97 Å². The molecule has 5 nitrogen and oxygen atoms in total. The van der Waals surface area contributed by atoms with Crippen molar-refractivity contribution in [3.05, 3.63) is 88.7 Å². The molecule has 0 saturated carbocycles. The second kappa shape index (κ2) is 7.84. The van der Waals surface area contributed by atoms with Crippen molar-refractivity contribution in [3.8, 4) is 5.75 Å². The number of ether oxygens (including phenoxy) is 1. The lowest BCUT2D eigenvalue weighted by Gasteiger charge is -2.10. The number of para-hydroxylation sites is 1. The molecule has 0 aliphatic rings. The number of esters is 1. The first-order valence-electron chi connectivity index (χ1n) is 8.34. The fourth-order valence-corrected chi connectivity index (χ4v) is 3.18. The summed E-state index contributed by atoms with van der Waals surface area (Å²) in [7, 11) is 0. The summed E-state index contributed by atoms with van der Waals surface area (Å²) in [6, 6.07) is 19.3. The van der Waals surface area contributed by atoms with E-state index in [9.17, 15) is 4.79 Å². The topological polar surface area (TPSA) is 64.1 Å². The highest BCUT2D eigenvalue weighted by Crippen LogP contribution is 2.27. The van der Waals surface area contributed by atoms with Crippen LogP contribution >= 0.6 is 23.2 Å². The largest absolute Gasteiger partial charge is 0.423 e. The van der Waals surface area contributed by atoms with Gasteiger partial charge in [0, 0.05) is 22.2 Å². The van der Waals surface area contributed by atoms with E-state index in [0.717, 1.165) is 16.6 Å². The van der Waals surface area contributed by atoms with E-state index in [4.69, 9.17) is 27.9 Å². The Hall–Kier alpha value is -3.15. The van der Waals surface area contributed by atoms with Crippen LogP contribution in [0.3, 0.4) is 0 Å². The van der Waals surface area contributed by atoms with Crippen molar-refractivity contribution in [1.82, 2.24) is 9.97 Å². The summed E-state index contributed by atoms with van der Waals surface area (Å²) in [6.45, 7) is 0. The summed E-state index contributed by atoms with van der Waals surface area (Å²) in [5.74, 6) is 0.473. The van der Waals surface area contributed by atoms with Crippen LogP contribution in [-0.2, 0) is 0 Å². The van der Waals surface area contributed by atoms with Crippen molar-refractivity contribution in [3.63, 3.8) is 0 Å². The number of carbonyl (C=O) groups is 1. The number of anilines is 2. The Kier molecular flexibility index (Phi) is 5.10. The molecule has 0 amide bonds. The molecule has 0 aliphatic carbocycles. The Labute approximate surface area is 170 Å². The average Bonchev–Trinajstić information content (AvgIpc) is 2.68. The van der Waals surface area contributed by atoms with Gasteiger partial charge in [-0.1, -0.05) is 41.4 Å². The predicted molar refractivity (Wildman–Crippen MR) is 111 cm³/mol. The van der Waals surface area contributed by atoms with Gasteiger partial charge in [-0.2, -0.15) is 0 Å². The Bertz CT molecular complexity index is 1180. The number of carbonyl (C=O) groups excluding carboxylic acids is 1. The molecular formula is C21H13Cl2N3O2. The van der Waals surface area contributed by atoms with Crippen molar-refractivity contribution in [1.29, 1.82) is 0 Å². The second-order valence-electron chi connectivity index (χ2n) is 5.91. The molecule has 3 aromatic carbocycles. The van der Waals surface area contributed by atoms with Gasteiger partial charge in [0.2, 0.25) is 0 Å². The highest BCUT2D eigenvalue weighted by molar-refractivity contribution is 6.36. The molecule has 138 valence electrons. The molecule has 0 bridgehead atoms. The average molecular weight is 410 g/mol. The number of aromatic nitrogens is 2.